The van der Waals surface area contributed by atoms with Gasteiger partial charge in [0.15, 0.2) is 0 Å². The summed E-state index contributed by atoms with van der Waals surface area (Å²) in [5.41, 5.74) is -2.23. The number of nitrogens with one attached hydrogen (secondary N) is 1. The van der Waals surface area contributed by atoms with Crippen molar-refractivity contribution in [1.82, 2.24) is 0 Å². The van der Waals surface area contributed by atoms with E-state index >= 15 is 0 Å². The van der Waals surface area contributed by atoms with E-state index in [4.69, 9.17) is 0 Å². The Kier molecular flexibility index (Phi) is 11.9. The monoisotopic (exact) mass is 589 g/mol. The molecule has 2 atom stereocenters. The van der Waals surface area contributed by atoms with Gasteiger partial charge in [-0.15, -0.1) is 0 Å². The number of benzene rings is 3. The van der Waals surface area contributed by atoms with Crippen LogP contribution in [-0.4, -0.2) is 23.0 Å². The first-order valence-electron chi connectivity index (χ1n) is 14.7. The molecule has 0 aromatic heterocycles. The van der Waals surface area contributed by atoms with Crippen LogP contribution in [0.4, 0.5) is 5.69 Å². The number of hydrogen-bond donors (Lipinski definition) is 1. The van der Waals surface area contributed by atoms with Crippen LogP contribution < -0.4 is 15.9 Å². The summed E-state index contributed by atoms with van der Waals surface area (Å²) in [6.45, 7) is 15.2. The van der Waals surface area contributed by atoms with Gasteiger partial charge in [-0.3, -0.25) is 19.2 Å². The van der Waals surface area contributed by atoms with E-state index in [1.807, 2.05) is 13.8 Å². The number of rotatable bonds is 7. The topological polar surface area (TPSA) is 97.4 Å². The summed E-state index contributed by atoms with van der Waals surface area (Å²) in [6, 6.07) is 23.5. The maximum Gasteiger partial charge on any atom is 0.239 e. The molecule has 0 heterocycles. The van der Waals surface area contributed by atoms with E-state index in [0.29, 0.717) is 16.3 Å². The smallest absolute Gasteiger partial charge is 0.239 e. The van der Waals surface area contributed by atoms with Crippen molar-refractivity contribution in [3.63, 3.8) is 0 Å². The third-order valence-corrected chi connectivity index (χ3v) is 10.9. The van der Waals surface area contributed by atoms with E-state index in [1.54, 1.807) is 100 Å². The predicted octanol–water partition coefficient (Wildman–Crippen LogP) is 7.43. The summed E-state index contributed by atoms with van der Waals surface area (Å²) < 4.78 is 14.3. The Hall–Kier alpha value is -3.63. The molecule has 1 saturated carbocycles. The van der Waals surface area contributed by atoms with Crippen molar-refractivity contribution >= 4 is 46.4 Å². The average molecular weight is 590 g/mol. The van der Waals surface area contributed by atoms with Crippen molar-refractivity contribution in [3.05, 3.63) is 90.5 Å². The van der Waals surface area contributed by atoms with Gasteiger partial charge in [-0.1, -0.05) is 122 Å². The number of carbonyl (C=O) groups is 4. The SMILES string of the molecule is CC.CCC.CCC1(C(=O)Nc2ccc(C(=O)P(=O)(c3ccccc3)c3ccccc3)cc2)C(=O)C(=O)C(C)C1(C)C. The lowest BCUT2D eigenvalue weighted by molar-refractivity contribution is -0.146. The van der Waals surface area contributed by atoms with E-state index in [2.05, 4.69) is 19.2 Å². The van der Waals surface area contributed by atoms with Crippen molar-refractivity contribution in [2.45, 2.75) is 68.2 Å². The van der Waals surface area contributed by atoms with Crippen LogP contribution in [0, 0.1) is 16.7 Å². The van der Waals surface area contributed by atoms with Gasteiger partial charge in [0.05, 0.1) is 0 Å². The van der Waals surface area contributed by atoms with Crippen LogP contribution >= 0.6 is 7.14 Å². The maximum atomic E-state index is 14.3. The third-order valence-electron chi connectivity index (χ3n) is 8.02. The molecule has 0 aliphatic heterocycles. The zero-order valence-corrected chi connectivity index (χ0v) is 27.0. The normalized spacial score (nSPS) is 19.1. The summed E-state index contributed by atoms with van der Waals surface area (Å²) in [7, 11) is -3.66. The number of carbonyl (C=O) groups excluding carboxylic acids is 4. The van der Waals surface area contributed by atoms with E-state index in [0.717, 1.165) is 0 Å². The van der Waals surface area contributed by atoms with Crippen LogP contribution in [-0.2, 0) is 18.9 Å². The zero-order chi connectivity index (χ0) is 31.7. The number of Topliss-reactive ketones (excluding diaryl/α,β-unsaturated/α-hetero) is 2. The first-order valence-corrected chi connectivity index (χ1v) is 16.4. The molecule has 1 aliphatic rings. The van der Waals surface area contributed by atoms with E-state index in [-0.39, 0.29) is 12.0 Å². The molecule has 224 valence electrons. The number of hydrogen-bond acceptors (Lipinski definition) is 5. The molecule has 3 aromatic rings. The van der Waals surface area contributed by atoms with Gasteiger partial charge >= 0.3 is 0 Å². The number of ketones is 2. The molecule has 7 heteroatoms. The molecular formula is C35H44NO5P. The highest BCUT2D eigenvalue weighted by molar-refractivity contribution is 7.93. The molecule has 0 spiro atoms. The van der Waals surface area contributed by atoms with Crippen molar-refractivity contribution in [1.29, 1.82) is 0 Å². The van der Waals surface area contributed by atoms with E-state index < -0.39 is 46.9 Å². The second-order valence-corrected chi connectivity index (χ2v) is 13.4. The Morgan fingerprint density at radius 2 is 1.21 bits per heavy atom. The molecular weight excluding hydrogens is 545 g/mol. The van der Waals surface area contributed by atoms with Crippen molar-refractivity contribution in [2.24, 2.45) is 16.7 Å². The molecule has 1 fully saturated rings. The van der Waals surface area contributed by atoms with Crippen LogP contribution in [0.25, 0.3) is 0 Å². The average Bonchev–Trinajstić information content (AvgIpc) is 3.15. The van der Waals surface area contributed by atoms with Crippen LogP contribution in [0.2, 0.25) is 0 Å². The molecule has 0 saturated heterocycles. The lowest BCUT2D eigenvalue weighted by atomic mass is 9.62. The maximum absolute atomic E-state index is 14.3. The summed E-state index contributed by atoms with van der Waals surface area (Å²) >= 11 is 0. The lowest BCUT2D eigenvalue weighted by Crippen LogP contribution is -2.49. The Balaban J connectivity index is 0.00000116. The Bertz CT molecular complexity index is 1390. The van der Waals surface area contributed by atoms with Crippen LogP contribution in [0.15, 0.2) is 84.9 Å². The first-order chi connectivity index (χ1) is 19.9. The Morgan fingerprint density at radius 1 is 0.786 bits per heavy atom. The van der Waals surface area contributed by atoms with E-state index in [9.17, 15) is 23.7 Å². The molecule has 0 radical (unpaired) electrons. The van der Waals surface area contributed by atoms with Crippen LogP contribution in [0.3, 0.4) is 0 Å². The minimum absolute atomic E-state index is 0.189. The molecule has 6 nitrogen and oxygen atoms in total. The van der Waals surface area contributed by atoms with Crippen molar-refractivity contribution in [3.8, 4) is 0 Å². The van der Waals surface area contributed by atoms with Gasteiger partial charge in [-0.25, -0.2) is 0 Å². The first kappa shape index (κ1) is 34.6. The Morgan fingerprint density at radius 3 is 1.57 bits per heavy atom. The largest absolute Gasteiger partial charge is 0.325 e. The summed E-state index contributed by atoms with van der Waals surface area (Å²) in [4.78, 5) is 52.6. The minimum Gasteiger partial charge on any atom is -0.325 e. The predicted molar refractivity (Wildman–Crippen MR) is 172 cm³/mol. The van der Waals surface area contributed by atoms with Crippen LogP contribution in [0.5, 0.6) is 0 Å². The van der Waals surface area contributed by atoms with E-state index in [1.165, 1.54) is 18.6 Å². The molecule has 1 aliphatic carbocycles. The van der Waals surface area contributed by atoms with Crippen LogP contribution in [0.1, 0.15) is 78.6 Å². The van der Waals surface area contributed by atoms with Gasteiger partial charge in [0.1, 0.15) is 5.41 Å². The quantitative estimate of drug-likeness (QED) is 0.176. The summed E-state index contributed by atoms with van der Waals surface area (Å²) in [5, 5.41) is 3.66. The third kappa shape index (κ3) is 6.10. The summed E-state index contributed by atoms with van der Waals surface area (Å²) in [6.07, 6.45) is 1.44. The molecule has 3 aromatic carbocycles. The number of amides is 1. The highest BCUT2D eigenvalue weighted by Crippen LogP contribution is 2.54. The molecule has 1 amide bonds. The van der Waals surface area contributed by atoms with Gasteiger partial charge in [0.2, 0.25) is 30.1 Å². The van der Waals surface area contributed by atoms with Gasteiger partial charge in [-0.2, -0.15) is 0 Å². The molecule has 0 bridgehead atoms. The second-order valence-electron chi connectivity index (χ2n) is 10.7. The second kappa shape index (κ2) is 14.5. The van der Waals surface area contributed by atoms with Gasteiger partial charge < -0.3 is 9.88 Å². The van der Waals surface area contributed by atoms with Crippen molar-refractivity contribution in [2.75, 3.05) is 5.32 Å². The summed E-state index contributed by atoms with van der Waals surface area (Å²) in [5.74, 6) is -2.30. The van der Waals surface area contributed by atoms with Gasteiger partial charge in [0.25, 0.3) is 0 Å². The fourth-order valence-electron chi connectivity index (χ4n) is 5.34. The molecule has 2 unspecified atom stereocenters. The highest BCUT2D eigenvalue weighted by Gasteiger charge is 2.66. The highest BCUT2D eigenvalue weighted by atomic mass is 31.2. The van der Waals surface area contributed by atoms with Gasteiger partial charge in [0, 0.05) is 27.8 Å². The van der Waals surface area contributed by atoms with Gasteiger partial charge in [-0.05, 0) is 36.1 Å². The molecule has 4 rings (SSSR count). The molecule has 1 N–H and O–H groups in total. The standard InChI is InChI=1S/C30H30NO5P.C3H8.C2H6/c1-5-30(26(33)25(32)20(2)29(30,3)4)28(35)31-22-18-16-21(17-19-22)27(34)37(36,23-12-8-6-9-13-23)24-14-10-7-11-15-24;1-3-2;1-2/h6-20H,5H2,1-4H3,(H,31,35);3H2,1-2H3;1-2H3. The zero-order valence-electron chi connectivity index (χ0n) is 26.1. The lowest BCUT2D eigenvalue weighted by Gasteiger charge is -2.39. The minimum atomic E-state index is -3.66. The fraction of sp³-hybridized carbons (Fsp3) is 0.371. The fourth-order valence-corrected chi connectivity index (χ4v) is 7.81. The molecule has 42 heavy (non-hydrogen) atoms. The number of anilines is 1. The van der Waals surface area contributed by atoms with Crippen molar-refractivity contribution < 1.29 is 23.7 Å². The Labute approximate surface area is 250 Å².